The molecule has 0 bridgehead atoms. The molecule has 0 aliphatic carbocycles. The number of hydrogen-bond acceptors (Lipinski definition) is 8. The fourth-order valence-corrected chi connectivity index (χ4v) is 6.24. The highest BCUT2D eigenvalue weighted by molar-refractivity contribution is 5.91. The van der Waals surface area contributed by atoms with Gasteiger partial charge < -0.3 is 5.32 Å². The molecule has 0 saturated carbocycles. The number of benzene rings is 2. The number of fused-ring (bicyclic) bond motifs is 1. The van der Waals surface area contributed by atoms with Gasteiger partial charge in [0.25, 0.3) is 5.56 Å². The van der Waals surface area contributed by atoms with Crippen molar-refractivity contribution < 1.29 is 9.18 Å². The van der Waals surface area contributed by atoms with Gasteiger partial charge in [-0.2, -0.15) is 9.78 Å². The highest BCUT2D eigenvalue weighted by atomic mass is 19.1. The van der Waals surface area contributed by atoms with Gasteiger partial charge in [0.1, 0.15) is 5.82 Å². The van der Waals surface area contributed by atoms with E-state index in [1.807, 2.05) is 51.2 Å². The van der Waals surface area contributed by atoms with E-state index < -0.39 is 11.4 Å². The highest BCUT2D eigenvalue weighted by Gasteiger charge is 2.27. The average Bonchev–Trinajstić information content (AvgIpc) is 3.00. The van der Waals surface area contributed by atoms with Gasteiger partial charge in [-0.1, -0.05) is 39.0 Å². The van der Waals surface area contributed by atoms with Crippen LogP contribution in [-0.2, 0) is 5.41 Å². The summed E-state index contributed by atoms with van der Waals surface area (Å²) < 4.78 is 16.4. The van der Waals surface area contributed by atoms with Crippen LogP contribution in [0.2, 0.25) is 0 Å². The number of nitrogens with zero attached hydrogens (tertiary/aromatic N) is 5. The number of aldehydes is 1. The first-order valence-corrected chi connectivity index (χ1v) is 15.1. The first-order valence-electron chi connectivity index (χ1n) is 15.1. The largest absolute Gasteiger partial charge is 0.317 e. The number of aromatic nitrogens is 3. The Morgan fingerprint density at radius 2 is 1.89 bits per heavy atom. The zero-order chi connectivity index (χ0) is 31.0. The van der Waals surface area contributed by atoms with E-state index in [1.165, 1.54) is 17.8 Å². The number of hydrogen-bond donors (Lipinski definition) is 2. The predicted molar refractivity (Wildman–Crippen MR) is 171 cm³/mol. The molecule has 2 aromatic carbocycles. The maximum atomic E-state index is 15.3. The third-order valence-corrected chi connectivity index (χ3v) is 8.63. The summed E-state index contributed by atoms with van der Waals surface area (Å²) in [5.41, 5.74) is 6.76. The van der Waals surface area contributed by atoms with E-state index >= 15 is 4.39 Å². The van der Waals surface area contributed by atoms with Crippen molar-refractivity contribution in [1.29, 1.82) is 0 Å². The second-order valence-corrected chi connectivity index (χ2v) is 12.8. The van der Waals surface area contributed by atoms with Crippen molar-refractivity contribution in [2.24, 2.45) is 4.99 Å². The summed E-state index contributed by atoms with van der Waals surface area (Å²) >= 11 is 0. The molecule has 0 spiro atoms. The molecule has 6 rings (SSSR count). The molecule has 4 aromatic rings. The Morgan fingerprint density at radius 1 is 1.09 bits per heavy atom. The summed E-state index contributed by atoms with van der Waals surface area (Å²) in [4.78, 5) is 35.7. The van der Waals surface area contributed by atoms with Crippen LogP contribution in [0, 0.1) is 5.82 Å². The number of pyridine rings is 1. The second-order valence-electron chi connectivity index (χ2n) is 12.8. The molecule has 9 nitrogen and oxygen atoms in total. The topological polar surface area (TPSA) is 105 Å². The van der Waals surface area contributed by atoms with Gasteiger partial charge in [0, 0.05) is 36.3 Å². The summed E-state index contributed by atoms with van der Waals surface area (Å²) in [6.07, 6.45) is 6.91. The molecule has 2 fully saturated rings. The first kappa shape index (κ1) is 29.9. The van der Waals surface area contributed by atoms with Crippen molar-refractivity contribution in [1.82, 2.24) is 30.5 Å². The second kappa shape index (κ2) is 12.1. The zero-order valence-electron chi connectivity index (χ0n) is 25.6. The summed E-state index contributed by atoms with van der Waals surface area (Å²) in [5, 5.41) is 10.1. The van der Waals surface area contributed by atoms with Crippen LogP contribution >= 0.6 is 0 Å². The molecule has 228 valence electrons. The SMILES string of the molecule is CN1CC(=Nc2ccc(C3CCNCC3)cn2)CC(c2cccc(-n3ncc4cc(C(C)(C)C)cc(F)c4c3=O)c2C=O)N1. The number of carbonyl (C=O) groups is 1. The summed E-state index contributed by atoms with van der Waals surface area (Å²) in [6, 6.07) is 12.3. The summed E-state index contributed by atoms with van der Waals surface area (Å²) in [7, 11) is 1.92. The quantitative estimate of drug-likeness (QED) is 0.308. The molecule has 1 unspecified atom stereocenters. The van der Waals surface area contributed by atoms with Crippen LogP contribution in [0.4, 0.5) is 10.2 Å². The van der Waals surface area contributed by atoms with E-state index in [0.29, 0.717) is 46.9 Å². The molecule has 44 heavy (non-hydrogen) atoms. The Morgan fingerprint density at radius 3 is 2.59 bits per heavy atom. The Kier molecular flexibility index (Phi) is 8.24. The van der Waals surface area contributed by atoms with Crippen LogP contribution in [0.3, 0.4) is 0 Å². The minimum Gasteiger partial charge on any atom is -0.317 e. The molecular weight excluding hydrogens is 557 g/mol. The average molecular weight is 596 g/mol. The molecule has 2 aromatic heterocycles. The Bertz CT molecular complexity index is 1790. The van der Waals surface area contributed by atoms with Crippen LogP contribution in [0.5, 0.6) is 0 Å². The molecular formula is C34H38FN7O2. The maximum absolute atomic E-state index is 15.3. The smallest absolute Gasteiger partial charge is 0.282 e. The van der Waals surface area contributed by atoms with E-state index in [9.17, 15) is 9.59 Å². The Hall–Kier alpha value is -4.12. The highest BCUT2D eigenvalue weighted by Crippen LogP contribution is 2.30. The van der Waals surface area contributed by atoms with Crippen LogP contribution in [-0.4, -0.2) is 58.5 Å². The Balaban J connectivity index is 1.32. The Labute approximate surface area is 256 Å². The minimum absolute atomic E-state index is 0.0566. The lowest BCUT2D eigenvalue weighted by molar-refractivity contribution is 0.112. The third-order valence-electron chi connectivity index (χ3n) is 8.63. The normalized spacial score (nSPS) is 19.5. The molecule has 2 aliphatic heterocycles. The molecule has 2 aliphatic rings. The van der Waals surface area contributed by atoms with Gasteiger partial charge in [-0.15, -0.1) is 0 Å². The number of piperidine rings is 1. The van der Waals surface area contributed by atoms with Gasteiger partial charge in [0.2, 0.25) is 0 Å². The predicted octanol–water partition coefficient (Wildman–Crippen LogP) is 5.15. The zero-order valence-corrected chi connectivity index (χ0v) is 25.6. The van der Waals surface area contributed by atoms with E-state index in [2.05, 4.69) is 26.9 Å². The maximum Gasteiger partial charge on any atom is 0.282 e. The molecule has 0 radical (unpaired) electrons. The molecule has 2 N–H and O–H groups in total. The number of halogens is 1. The van der Waals surface area contributed by atoms with E-state index in [0.717, 1.165) is 48.2 Å². The molecule has 4 heterocycles. The summed E-state index contributed by atoms with van der Waals surface area (Å²) in [6.45, 7) is 8.60. The van der Waals surface area contributed by atoms with Crippen LogP contribution in [0.15, 0.2) is 64.6 Å². The molecule has 0 amide bonds. The number of rotatable bonds is 5. The summed E-state index contributed by atoms with van der Waals surface area (Å²) in [5.74, 6) is 0.571. The minimum atomic E-state index is -0.615. The van der Waals surface area contributed by atoms with Crippen LogP contribution < -0.4 is 16.3 Å². The van der Waals surface area contributed by atoms with Gasteiger partial charge in [-0.3, -0.25) is 9.59 Å². The third kappa shape index (κ3) is 5.97. The number of carbonyl (C=O) groups excluding carboxylic acids is 1. The van der Waals surface area contributed by atoms with Gasteiger partial charge in [0.15, 0.2) is 12.1 Å². The number of aliphatic imine (C=N–C) groups is 1. The van der Waals surface area contributed by atoms with E-state index in [1.54, 1.807) is 18.2 Å². The molecule has 1 atom stereocenters. The lowest BCUT2D eigenvalue weighted by Gasteiger charge is -2.33. The fourth-order valence-electron chi connectivity index (χ4n) is 6.24. The van der Waals surface area contributed by atoms with Gasteiger partial charge in [0.05, 0.1) is 29.9 Å². The van der Waals surface area contributed by atoms with Crippen molar-refractivity contribution in [2.45, 2.75) is 57.4 Å². The van der Waals surface area contributed by atoms with Gasteiger partial charge >= 0.3 is 0 Å². The van der Waals surface area contributed by atoms with Gasteiger partial charge in [-0.05, 0) is 78.2 Å². The lowest BCUT2D eigenvalue weighted by Crippen LogP contribution is -2.47. The van der Waals surface area contributed by atoms with E-state index in [4.69, 9.17) is 4.99 Å². The van der Waals surface area contributed by atoms with Crippen molar-refractivity contribution in [2.75, 3.05) is 26.7 Å². The number of nitrogens with one attached hydrogen (secondary N) is 2. The van der Waals surface area contributed by atoms with E-state index in [-0.39, 0.29) is 16.8 Å². The lowest BCUT2D eigenvalue weighted by atomic mass is 9.86. The fraction of sp³-hybridized carbons (Fsp3) is 0.382. The van der Waals surface area contributed by atoms with Gasteiger partial charge in [-0.25, -0.2) is 24.8 Å². The van der Waals surface area contributed by atoms with Crippen LogP contribution in [0.25, 0.3) is 16.5 Å². The van der Waals surface area contributed by atoms with Crippen molar-refractivity contribution in [3.8, 4) is 5.69 Å². The molecule has 2 saturated heterocycles. The van der Waals surface area contributed by atoms with Crippen molar-refractivity contribution in [3.63, 3.8) is 0 Å². The number of hydrazine groups is 1. The molecule has 10 heteroatoms. The van der Waals surface area contributed by atoms with Crippen LogP contribution in [0.1, 0.15) is 79.0 Å². The van der Waals surface area contributed by atoms with Crippen molar-refractivity contribution in [3.05, 3.63) is 93.3 Å². The van der Waals surface area contributed by atoms with Crippen molar-refractivity contribution >= 4 is 28.6 Å². The standard InChI is InChI=1S/C34H38FN7O2/c1-34(2,3)24-14-23-18-38-42(33(44)32(23)28(35)15-24)30-7-5-6-26(27(30)20-43)29-16-25(19-41(4)40-29)39-31-9-8-22(17-37-31)21-10-12-36-13-11-21/h5-9,14-15,17-18,20-21,29,36,40H,10-13,16,19H2,1-4H3. The monoisotopic (exact) mass is 595 g/mol. The first-order chi connectivity index (χ1) is 21.1.